The zero-order chi connectivity index (χ0) is 22.9. The minimum absolute atomic E-state index is 0.0257. The van der Waals surface area contributed by atoms with Gasteiger partial charge in [-0.25, -0.2) is 0 Å². The number of carbonyl (C=O) groups excluding carboxylic acids is 2. The molecule has 0 aliphatic carbocycles. The van der Waals surface area contributed by atoms with E-state index in [4.69, 9.17) is 11.6 Å². The number of amides is 2. The van der Waals surface area contributed by atoms with E-state index in [0.29, 0.717) is 16.2 Å². The molecule has 5 heteroatoms. The summed E-state index contributed by atoms with van der Waals surface area (Å²) < 4.78 is 0. The highest BCUT2D eigenvalue weighted by atomic mass is 35.5. The normalized spacial score (nSPS) is 14.3. The standard InChI is InChI=1S/C27H25ClN2O2/c1-27(2,3)20-11-15-22(16-12-20)29-24-23(19-9-13-21(28)14-10-19)25(31)30(26(24)32)17-18-7-5-4-6-8-18/h4-16,29H,17H2,1-3H3. The van der Waals surface area contributed by atoms with Gasteiger partial charge in [-0.05, 0) is 46.4 Å². The molecule has 0 radical (unpaired) electrons. The van der Waals surface area contributed by atoms with Gasteiger partial charge in [-0.1, -0.05) is 87.0 Å². The van der Waals surface area contributed by atoms with Gasteiger partial charge in [-0.15, -0.1) is 0 Å². The van der Waals surface area contributed by atoms with Crippen LogP contribution in [0, 0.1) is 0 Å². The van der Waals surface area contributed by atoms with Crippen LogP contribution in [0.2, 0.25) is 5.02 Å². The van der Waals surface area contributed by atoms with Crippen molar-refractivity contribution < 1.29 is 9.59 Å². The molecule has 0 atom stereocenters. The SMILES string of the molecule is CC(C)(C)c1ccc(NC2=C(c3ccc(Cl)cc3)C(=O)N(Cc3ccccc3)C2=O)cc1. The lowest BCUT2D eigenvalue weighted by molar-refractivity contribution is -0.137. The van der Waals surface area contributed by atoms with Crippen molar-refractivity contribution in [1.82, 2.24) is 4.90 Å². The van der Waals surface area contributed by atoms with E-state index in [1.807, 2.05) is 54.6 Å². The Kier molecular flexibility index (Phi) is 5.90. The van der Waals surface area contributed by atoms with Crippen molar-refractivity contribution in [3.05, 3.63) is 106 Å². The molecule has 1 N–H and O–H groups in total. The van der Waals surface area contributed by atoms with Crippen LogP contribution in [0.15, 0.2) is 84.6 Å². The summed E-state index contributed by atoms with van der Waals surface area (Å²) in [6, 6.07) is 24.4. The Bertz CT molecular complexity index is 1180. The molecule has 0 unspecified atom stereocenters. The van der Waals surface area contributed by atoms with Crippen molar-refractivity contribution in [2.75, 3.05) is 5.32 Å². The van der Waals surface area contributed by atoms with Gasteiger partial charge in [0.05, 0.1) is 12.1 Å². The van der Waals surface area contributed by atoms with E-state index in [0.717, 1.165) is 11.3 Å². The average Bonchev–Trinajstić information content (AvgIpc) is 2.99. The van der Waals surface area contributed by atoms with Gasteiger partial charge in [0.1, 0.15) is 5.70 Å². The van der Waals surface area contributed by atoms with Crippen molar-refractivity contribution in [2.24, 2.45) is 0 Å². The van der Waals surface area contributed by atoms with E-state index in [1.165, 1.54) is 10.5 Å². The Morgan fingerprint density at radius 2 is 1.44 bits per heavy atom. The van der Waals surface area contributed by atoms with Crippen LogP contribution in [-0.2, 0) is 21.5 Å². The third-order valence-electron chi connectivity index (χ3n) is 5.50. The van der Waals surface area contributed by atoms with Gasteiger partial charge >= 0.3 is 0 Å². The number of rotatable bonds is 5. The zero-order valence-corrected chi connectivity index (χ0v) is 19.1. The van der Waals surface area contributed by atoms with E-state index >= 15 is 0 Å². The van der Waals surface area contributed by atoms with Crippen LogP contribution in [-0.4, -0.2) is 16.7 Å². The van der Waals surface area contributed by atoms with Gasteiger partial charge in [0.2, 0.25) is 0 Å². The molecule has 1 aliphatic heterocycles. The number of carbonyl (C=O) groups is 2. The molecule has 3 aromatic rings. The Morgan fingerprint density at radius 1 is 0.812 bits per heavy atom. The lowest BCUT2D eigenvalue weighted by Gasteiger charge is -2.19. The maximum atomic E-state index is 13.4. The molecule has 0 aromatic heterocycles. The number of benzene rings is 3. The van der Waals surface area contributed by atoms with E-state index in [-0.39, 0.29) is 29.5 Å². The van der Waals surface area contributed by atoms with E-state index in [1.54, 1.807) is 24.3 Å². The van der Waals surface area contributed by atoms with Gasteiger partial charge < -0.3 is 5.32 Å². The second kappa shape index (κ2) is 8.64. The summed E-state index contributed by atoms with van der Waals surface area (Å²) in [4.78, 5) is 28.0. The van der Waals surface area contributed by atoms with Crippen molar-refractivity contribution >= 4 is 34.7 Å². The van der Waals surface area contributed by atoms with Crippen LogP contribution in [0.3, 0.4) is 0 Å². The van der Waals surface area contributed by atoms with Crippen molar-refractivity contribution in [3.8, 4) is 0 Å². The molecule has 0 saturated heterocycles. The zero-order valence-electron chi connectivity index (χ0n) is 18.4. The fraction of sp³-hybridized carbons (Fsp3) is 0.185. The fourth-order valence-electron chi connectivity index (χ4n) is 3.68. The number of nitrogens with one attached hydrogen (secondary N) is 1. The molecule has 4 nitrogen and oxygen atoms in total. The molecule has 32 heavy (non-hydrogen) atoms. The quantitative estimate of drug-likeness (QED) is 0.489. The molecular formula is C27H25ClN2O2. The predicted molar refractivity (Wildman–Crippen MR) is 129 cm³/mol. The topological polar surface area (TPSA) is 49.4 Å². The third kappa shape index (κ3) is 4.46. The van der Waals surface area contributed by atoms with Crippen LogP contribution >= 0.6 is 11.6 Å². The van der Waals surface area contributed by atoms with Crippen LogP contribution in [0.25, 0.3) is 5.57 Å². The maximum absolute atomic E-state index is 13.4. The first kappa shape index (κ1) is 21.8. The largest absolute Gasteiger partial charge is 0.350 e. The summed E-state index contributed by atoms with van der Waals surface area (Å²) in [7, 11) is 0. The van der Waals surface area contributed by atoms with Gasteiger partial charge in [-0.2, -0.15) is 0 Å². The highest BCUT2D eigenvalue weighted by Crippen LogP contribution is 2.32. The average molecular weight is 445 g/mol. The first-order chi connectivity index (χ1) is 15.2. The minimum atomic E-state index is -0.344. The number of halogens is 1. The van der Waals surface area contributed by atoms with Crippen LogP contribution in [0.1, 0.15) is 37.5 Å². The molecule has 0 fully saturated rings. The molecule has 2 amide bonds. The maximum Gasteiger partial charge on any atom is 0.278 e. The number of nitrogens with zero attached hydrogens (tertiary/aromatic N) is 1. The lowest BCUT2D eigenvalue weighted by Crippen LogP contribution is -2.32. The number of imide groups is 1. The highest BCUT2D eigenvalue weighted by molar-refractivity contribution is 6.36. The number of hydrogen-bond acceptors (Lipinski definition) is 3. The molecule has 3 aromatic carbocycles. The van der Waals surface area contributed by atoms with E-state index in [9.17, 15) is 9.59 Å². The summed E-state index contributed by atoms with van der Waals surface area (Å²) in [5.74, 6) is -0.668. The summed E-state index contributed by atoms with van der Waals surface area (Å²) in [6.07, 6.45) is 0. The molecule has 1 heterocycles. The van der Waals surface area contributed by atoms with Crippen molar-refractivity contribution in [1.29, 1.82) is 0 Å². The van der Waals surface area contributed by atoms with E-state index < -0.39 is 0 Å². The minimum Gasteiger partial charge on any atom is -0.350 e. The summed E-state index contributed by atoms with van der Waals surface area (Å²) in [6.45, 7) is 6.66. The molecule has 0 bridgehead atoms. The predicted octanol–water partition coefficient (Wildman–Crippen LogP) is 6.03. The Balaban J connectivity index is 1.71. The number of hydrogen-bond donors (Lipinski definition) is 1. The first-order valence-electron chi connectivity index (χ1n) is 10.5. The van der Waals surface area contributed by atoms with Crippen molar-refractivity contribution in [2.45, 2.75) is 32.7 Å². The molecular weight excluding hydrogens is 420 g/mol. The molecule has 4 rings (SSSR count). The summed E-state index contributed by atoms with van der Waals surface area (Å²) in [5.41, 5.74) is 4.13. The Labute approximate surface area is 193 Å². The van der Waals surface area contributed by atoms with Crippen molar-refractivity contribution in [3.63, 3.8) is 0 Å². The summed E-state index contributed by atoms with van der Waals surface area (Å²) in [5, 5.41) is 3.78. The highest BCUT2D eigenvalue weighted by Gasteiger charge is 2.39. The second-order valence-corrected chi connectivity index (χ2v) is 9.33. The number of anilines is 1. The van der Waals surface area contributed by atoms with Gasteiger partial charge in [-0.3, -0.25) is 14.5 Å². The Morgan fingerprint density at radius 3 is 2.03 bits per heavy atom. The Hall–Kier alpha value is -3.37. The monoisotopic (exact) mass is 444 g/mol. The smallest absolute Gasteiger partial charge is 0.278 e. The van der Waals surface area contributed by atoms with Crippen LogP contribution in [0.4, 0.5) is 5.69 Å². The summed E-state index contributed by atoms with van der Waals surface area (Å²) >= 11 is 6.04. The van der Waals surface area contributed by atoms with E-state index in [2.05, 4.69) is 26.1 Å². The van der Waals surface area contributed by atoms with Gasteiger partial charge in [0.15, 0.2) is 0 Å². The second-order valence-electron chi connectivity index (χ2n) is 8.89. The molecule has 1 aliphatic rings. The lowest BCUT2D eigenvalue weighted by atomic mass is 9.87. The molecule has 0 spiro atoms. The van der Waals surface area contributed by atoms with Crippen LogP contribution < -0.4 is 5.32 Å². The first-order valence-corrected chi connectivity index (χ1v) is 10.9. The van der Waals surface area contributed by atoms with Gasteiger partial charge in [0, 0.05) is 10.7 Å². The van der Waals surface area contributed by atoms with Crippen LogP contribution in [0.5, 0.6) is 0 Å². The fourth-order valence-corrected chi connectivity index (χ4v) is 3.81. The molecule has 162 valence electrons. The third-order valence-corrected chi connectivity index (χ3v) is 5.76. The molecule has 0 saturated carbocycles. The van der Waals surface area contributed by atoms with Gasteiger partial charge in [0.25, 0.3) is 11.8 Å².